The molecular formula is C15H23N5O2. The maximum absolute atomic E-state index is 12.8. The summed E-state index contributed by atoms with van der Waals surface area (Å²) in [6.45, 7) is 1.76. The molecule has 0 aromatic carbocycles. The summed E-state index contributed by atoms with van der Waals surface area (Å²) in [6, 6.07) is 0. The van der Waals surface area contributed by atoms with Gasteiger partial charge in [0.25, 0.3) is 0 Å². The van der Waals surface area contributed by atoms with E-state index in [2.05, 4.69) is 15.2 Å². The molecule has 7 nitrogen and oxygen atoms in total. The van der Waals surface area contributed by atoms with Gasteiger partial charge in [-0.1, -0.05) is 12.8 Å². The van der Waals surface area contributed by atoms with Gasteiger partial charge in [-0.3, -0.25) is 14.7 Å². The van der Waals surface area contributed by atoms with Crippen molar-refractivity contribution in [1.29, 1.82) is 0 Å². The molecule has 2 heterocycles. The molecule has 0 radical (unpaired) electrons. The Balaban J connectivity index is 1.75. The fourth-order valence-electron chi connectivity index (χ4n) is 3.63. The predicted molar refractivity (Wildman–Crippen MR) is 79.8 cm³/mol. The van der Waals surface area contributed by atoms with E-state index >= 15 is 0 Å². The molecule has 3 rings (SSSR count). The van der Waals surface area contributed by atoms with Crippen molar-refractivity contribution in [1.82, 2.24) is 20.1 Å². The quantitative estimate of drug-likeness (QED) is 0.855. The standard InChI is InChI=1S/C15H23N5O2/c16-12(21)9-13-17-14(19-18-13)10-5-1-2-6-11(10)15(22)20-7-3-4-8-20/h10-11H,1-9H2,(H2,16,21)(H,17,18,19). The lowest BCUT2D eigenvalue weighted by Crippen LogP contribution is -2.38. The lowest BCUT2D eigenvalue weighted by atomic mass is 9.78. The van der Waals surface area contributed by atoms with Gasteiger partial charge in [-0.25, -0.2) is 4.98 Å². The average Bonchev–Trinajstić information content (AvgIpc) is 3.17. The van der Waals surface area contributed by atoms with Crippen molar-refractivity contribution in [2.24, 2.45) is 11.7 Å². The Morgan fingerprint density at radius 1 is 1.18 bits per heavy atom. The van der Waals surface area contributed by atoms with Gasteiger partial charge in [0.2, 0.25) is 11.8 Å². The molecule has 120 valence electrons. The number of nitrogens with one attached hydrogen (secondary N) is 1. The largest absolute Gasteiger partial charge is 0.369 e. The van der Waals surface area contributed by atoms with Crippen LogP contribution in [0, 0.1) is 5.92 Å². The number of nitrogens with two attached hydrogens (primary N) is 1. The highest BCUT2D eigenvalue weighted by molar-refractivity contribution is 5.80. The van der Waals surface area contributed by atoms with Gasteiger partial charge in [0.15, 0.2) is 5.82 Å². The maximum atomic E-state index is 12.8. The van der Waals surface area contributed by atoms with E-state index in [1.165, 1.54) is 0 Å². The first-order chi connectivity index (χ1) is 10.6. The zero-order valence-corrected chi connectivity index (χ0v) is 12.8. The molecule has 0 spiro atoms. The maximum Gasteiger partial charge on any atom is 0.226 e. The van der Waals surface area contributed by atoms with E-state index in [0.29, 0.717) is 11.6 Å². The van der Waals surface area contributed by atoms with Gasteiger partial charge in [0.1, 0.15) is 5.82 Å². The van der Waals surface area contributed by atoms with E-state index in [-0.39, 0.29) is 24.2 Å². The first kappa shape index (κ1) is 15.0. The summed E-state index contributed by atoms with van der Waals surface area (Å²) in [4.78, 5) is 30.1. The Labute approximate surface area is 129 Å². The number of amides is 2. The second-order valence-corrected chi connectivity index (χ2v) is 6.31. The minimum absolute atomic E-state index is 0.0240. The Kier molecular flexibility index (Phi) is 4.40. The predicted octanol–water partition coefficient (Wildman–Crippen LogP) is 0.729. The van der Waals surface area contributed by atoms with E-state index in [1.54, 1.807) is 0 Å². The number of rotatable bonds is 4. The summed E-state index contributed by atoms with van der Waals surface area (Å²) in [5.41, 5.74) is 5.18. The molecule has 1 aliphatic heterocycles. The van der Waals surface area contributed by atoms with Gasteiger partial charge in [0, 0.05) is 24.9 Å². The van der Waals surface area contributed by atoms with Gasteiger partial charge < -0.3 is 10.6 Å². The topological polar surface area (TPSA) is 105 Å². The van der Waals surface area contributed by atoms with Crippen molar-refractivity contribution in [3.8, 4) is 0 Å². The van der Waals surface area contributed by atoms with Crippen molar-refractivity contribution >= 4 is 11.8 Å². The minimum atomic E-state index is -0.434. The van der Waals surface area contributed by atoms with Crippen molar-refractivity contribution in [3.05, 3.63) is 11.6 Å². The monoisotopic (exact) mass is 305 g/mol. The molecule has 2 atom stereocenters. The number of H-pyrrole nitrogens is 1. The van der Waals surface area contributed by atoms with Crippen LogP contribution in [0.4, 0.5) is 0 Å². The highest BCUT2D eigenvalue weighted by Gasteiger charge is 2.37. The van der Waals surface area contributed by atoms with Crippen LogP contribution in [-0.2, 0) is 16.0 Å². The first-order valence-electron chi connectivity index (χ1n) is 8.13. The molecule has 2 amide bonds. The van der Waals surface area contributed by atoms with Crippen LogP contribution in [0.15, 0.2) is 0 Å². The Hall–Kier alpha value is -1.92. The second kappa shape index (κ2) is 6.46. The molecule has 1 aliphatic carbocycles. The molecule has 1 aromatic heterocycles. The fourth-order valence-corrected chi connectivity index (χ4v) is 3.63. The van der Waals surface area contributed by atoms with Gasteiger partial charge >= 0.3 is 0 Å². The summed E-state index contributed by atoms with van der Waals surface area (Å²) in [6.07, 6.45) is 6.27. The number of nitrogens with zero attached hydrogens (tertiary/aromatic N) is 3. The van der Waals surface area contributed by atoms with Crippen molar-refractivity contribution < 1.29 is 9.59 Å². The van der Waals surface area contributed by atoms with E-state index in [0.717, 1.165) is 51.6 Å². The second-order valence-electron chi connectivity index (χ2n) is 6.31. The van der Waals surface area contributed by atoms with Crippen LogP contribution in [0.1, 0.15) is 56.1 Å². The third-order valence-electron chi connectivity index (χ3n) is 4.72. The summed E-state index contributed by atoms with van der Waals surface area (Å²) < 4.78 is 0. The van der Waals surface area contributed by atoms with Crippen molar-refractivity contribution in [3.63, 3.8) is 0 Å². The number of carbonyl (C=O) groups excluding carboxylic acids is 2. The minimum Gasteiger partial charge on any atom is -0.369 e. The number of hydrogen-bond donors (Lipinski definition) is 2. The lowest BCUT2D eigenvalue weighted by Gasteiger charge is -2.31. The van der Waals surface area contributed by atoms with Gasteiger partial charge in [-0.05, 0) is 25.7 Å². The van der Waals surface area contributed by atoms with Crippen molar-refractivity contribution in [2.75, 3.05) is 13.1 Å². The summed E-state index contributed by atoms with van der Waals surface area (Å²) >= 11 is 0. The van der Waals surface area contributed by atoms with Crippen LogP contribution in [0.2, 0.25) is 0 Å². The van der Waals surface area contributed by atoms with Gasteiger partial charge in [-0.2, -0.15) is 5.10 Å². The molecule has 2 aliphatic rings. The third-order valence-corrected chi connectivity index (χ3v) is 4.72. The highest BCUT2D eigenvalue weighted by atomic mass is 16.2. The molecule has 2 unspecified atom stereocenters. The molecule has 1 saturated carbocycles. The van der Waals surface area contributed by atoms with Crippen LogP contribution >= 0.6 is 0 Å². The number of aromatic amines is 1. The molecular weight excluding hydrogens is 282 g/mol. The first-order valence-corrected chi connectivity index (χ1v) is 8.13. The molecule has 2 fully saturated rings. The van der Waals surface area contributed by atoms with E-state index in [1.807, 2.05) is 4.90 Å². The molecule has 3 N–H and O–H groups in total. The Bertz CT molecular complexity index is 550. The number of primary amides is 1. The molecule has 0 bridgehead atoms. The van der Waals surface area contributed by atoms with Crippen LogP contribution in [0.5, 0.6) is 0 Å². The summed E-state index contributed by atoms with van der Waals surface area (Å²) in [7, 11) is 0. The van der Waals surface area contributed by atoms with Gasteiger partial charge in [-0.15, -0.1) is 0 Å². The van der Waals surface area contributed by atoms with Crippen LogP contribution in [-0.4, -0.2) is 45.0 Å². The SMILES string of the molecule is NC(=O)Cc1nc(C2CCCCC2C(=O)N2CCCC2)n[nH]1. The fraction of sp³-hybridized carbons (Fsp3) is 0.733. The number of carbonyl (C=O) groups is 2. The van der Waals surface area contributed by atoms with E-state index in [9.17, 15) is 9.59 Å². The zero-order valence-electron chi connectivity index (χ0n) is 12.8. The van der Waals surface area contributed by atoms with Crippen LogP contribution in [0.25, 0.3) is 0 Å². The van der Waals surface area contributed by atoms with Crippen LogP contribution in [0.3, 0.4) is 0 Å². The molecule has 7 heteroatoms. The zero-order chi connectivity index (χ0) is 15.5. The third kappa shape index (κ3) is 3.13. The summed E-state index contributed by atoms with van der Waals surface area (Å²) in [5, 5.41) is 7.01. The molecule has 1 aromatic rings. The van der Waals surface area contributed by atoms with Gasteiger partial charge in [0.05, 0.1) is 6.42 Å². The van der Waals surface area contributed by atoms with Crippen molar-refractivity contribution in [2.45, 2.75) is 50.9 Å². The molecule has 22 heavy (non-hydrogen) atoms. The van der Waals surface area contributed by atoms with E-state index < -0.39 is 5.91 Å². The average molecular weight is 305 g/mol. The smallest absolute Gasteiger partial charge is 0.226 e. The normalized spacial score (nSPS) is 25.4. The Morgan fingerprint density at radius 2 is 1.91 bits per heavy atom. The number of likely N-dealkylation sites (tertiary alicyclic amines) is 1. The summed E-state index contributed by atoms with van der Waals surface area (Å²) in [5.74, 6) is 0.997. The van der Waals surface area contributed by atoms with Crippen LogP contribution < -0.4 is 5.73 Å². The number of hydrogen-bond acceptors (Lipinski definition) is 4. The van der Waals surface area contributed by atoms with E-state index in [4.69, 9.17) is 5.73 Å². The Morgan fingerprint density at radius 3 is 2.64 bits per heavy atom. The highest BCUT2D eigenvalue weighted by Crippen LogP contribution is 2.37. The lowest BCUT2D eigenvalue weighted by molar-refractivity contribution is -0.136. The number of aromatic nitrogens is 3. The molecule has 1 saturated heterocycles.